The molecule has 0 spiro atoms. The molecule has 1 fully saturated rings. The molecular formula is C34H52O21P4. The minimum absolute atomic E-state index is 0.0857. The van der Waals surface area contributed by atoms with Crippen molar-refractivity contribution in [2.24, 2.45) is 0 Å². The smallest absolute Gasteiger partial charge is 0.456 e. The second kappa shape index (κ2) is 28.2. The van der Waals surface area contributed by atoms with E-state index in [4.69, 9.17) is 24.9 Å². The molecule has 8 N–H and O–H groups in total. The van der Waals surface area contributed by atoms with Gasteiger partial charge in [-0.15, -0.1) is 6.42 Å². The van der Waals surface area contributed by atoms with Crippen LogP contribution in [-0.2, 0) is 59.9 Å². The molecule has 25 heteroatoms. The van der Waals surface area contributed by atoms with Crippen LogP contribution in [0.1, 0.15) is 103 Å². The predicted molar refractivity (Wildman–Crippen MR) is 205 cm³/mol. The van der Waals surface area contributed by atoms with E-state index in [-0.39, 0.29) is 6.42 Å². The first-order chi connectivity index (χ1) is 27.6. The van der Waals surface area contributed by atoms with Crippen molar-refractivity contribution in [3.05, 3.63) is 0 Å². The third kappa shape index (κ3) is 27.9. The molecule has 334 valence electrons. The third-order valence-electron chi connectivity index (χ3n) is 8.02. The lowest BCUT2D eigenvalue weighted by atomic mass is 9.87. The normalized spacial score (nSPS) is 20.8. The maximum absolute atomic E-state index is 13.1. The number of terminal acetylenes is 1. The zero-order valence-corrected chi connectivity index (χ0v) is 35.8. The number of phosphoric ester groups is 4. The molecule has 1 rings (SSSR count). The number of carbonyl (C=O) groups excluding carboxylic acids is 2. The highest BCUT2D eigenvalue weighted by atomic mass is 31.2. The Kier molecular flexibility index (Phi) is 26.1. The van der Waals surface area contributed by atoms with Crippen LogP contribution in [-0.4, -0.2) is 101 Å². The van der Waals surface area contributed by atoms with Crippen LogP contribution in [0.4, 0.5) is 0 Å². The number of esters is 2. The van der Waals surface area contributed by atoms with Crippen molar-refractivity contribution in [3.8, 4) is 47.9 Å². The van der Waals surface area contributed by atoms with E-state index in [0.717, 1.165) is 25.7 Å². The van der Waals surface area contributed by atoms with Crippen LogP contribution in [0.25, 0.3) is 0 Å². The molecule has 21 nitrogen and oxygen atoms in total. The topological polar surface area (TPSA) is 329 Å². The summed E-state index contributed by atoms with van der Waals surface area (Å²) in [6, 6.07) is 0. The molecule has 0 bridgehead atoms. The van der Waals surface area contributed by atoms with Gasteiger partial charge in [-0.3, -0.25) is 27.4 Å². The number of hydrogen-bond acceptors (Lipinski definition) is 14. The van der Waals surface area contributed by atoms with Crippen LogP contribution >= 0.6 is 31.3 Å². The van der Waals surface area contributed by atoms with E-state index >= 15 is 0 Å². The van der Waals surface area contributed by atoms with Gasteiger partial charge in [0.25, 0.3) is 0 Å². The first-order valence-corrected chi connectivity index (χ1v) is 24.5. The Morgan fingerprint density at radius 1 is 0.644 bits per heavy atom. The molecule has 0 radical (unpaired) electrons. The van der Waals surface area contributed by atoms with Crippen LogP contribution < -0.4 is 0 Å². The van der Waals surface area contributed by atoms with E-state index in [1.165, 1.54) is 44.9 Å². The van der Waals surface area contributed by atoms with E-state index in [2.05, 4.69) is 50.1 Å². The molecule has 0 aromatic heterocycles. The van der Waals surface area contributed by atoms with Crippen molar-refractivity contribution in [2.75, 3.05) is 13.2 Å². The fourth-order valence-electron chi connectivity index (χ4n) is 5.52. The van der Waals surface area contributed by atoms with E-state index in [1.807, 2.05) is 11.8 Å². The molecule has 0 aromatic carbocycles. The molecule has 0 heterocycles. The molecule has 1 aliphatic rings. The summed E-state index contributed by atoms with van der Waals surface area (Å²) in [5.41, 5.74) is 0. The van der Waals surface area contributed by atoms with Crippen molar-refractivity contribution in [3.63, 3.8) is 0 Å². The van der Waals surface area contributed by atoms with Crippen LogP contribution in [0.5, 0.6) is 0 Å². The second-order valence-corrected chi connectivity index (χ2v) is 18.0. The van der Waals surface area contributed by atoms with Gasteiger partial charge in [0, 0.05) is 18.8 Å². The Hall–Kier alpha value is -2.42. The monoisotopic (exact) mass is 920 g/mol. The van der Waals surface area contributed by atoms with Crippen molar-refractivity contribution >= 4 is 43.2 Å². The van der Waals surface area contributed by atoms with E-state index in [9.17, 15) is 67.2 Å². The summed E-state index contributed by atoms with van der Waals surface area (Å²) in [4.78, 5) is 91.4. The Balaban J connectivity index is 3.00. The minimum atomic E-state index is -5.70. The zero-order chi connectivity index (χ0) is 44.5. The number of unbranched alkanes of at least 4 members (excludes halogenated alkanes) is 12. The highest BCUT2D eigenvalue weighted by molar-refractivity contribution is 7.47. The summed E-state index contributed by atoms with van der Waals surface area (Å²) in [5.74, 6) is 13.1. The van der Waals surface area contributed by atoms with Gasteiger partial charge in [-0.25, -0.2) is 23.1 Å². The first kappa shape index (κ1) is 54.6. The zero-order valence-electron chi connectivity index (χ0n) is 32.2. The fourth-order valence-corrected chi connectivity index (χ4v) is 8.18. The van der Waals surface area contributed by atoms with Gasteiger partial charge in [0.05, 0.1) is 6.61 Å². The molecule has 0 aromatic rings. The summed E-state index contributed by atoms with van der Waals surface area (Å²) < 4.78 is 81.1. The van der Waals surface area contributed by atoms with Gasteiger partial charge in [0.2, 0.25) is 0 Å². The van der Waals surface area contributed by atoms with Crippen molar-refractivity contribution < 1.29 is 99.3 Å². The lowest BCUT2D eigenvalue weighted by Crippen LogP contribution is -2.58. The van der Waals surface area contributed by atoms with Gasteiger partial charge in [-0.2, -0.15) is 0 Å². The Morgan fingerprint density at radius 3 is 1.66 bits per heavy atom. The number of rotatable bonds is 28. The van der Waals surface area contributed by atoms with Crippen LogP contribution in [0.15, 0.2) is 0 Å². The van der Waals surface area contributed by atoms with E-state index in [0.29, 0.717) is 12.8 Å². The summed E-state index contributed by atoms with van der Waals surface area (Å²) in [7, 11) is -22.5. The molecule has 0 amide bonds. The molecule has 7 atom stereocenters. The standard InChI is InChI=1S/C34H52O21P4/c1-3-5-7-9-11-12-13-14-15-16-17-19-21-23-31(36)51-27(25-49-30(35)22-20-18-10-8-6-4-2)26-50-59(47,48)53-28-24-29(52-56(38,39)40)33(54-57(41,42)43)34(32(28)37)55-58(44,45)46/h2,27-29,32-34,37H,3,5,7,9,11-17,19,21,23-26H2,1H3,(H,47,48)(H2,38,39,40)(H2,41,42,43)(H2,44,45,46)/t27-,28?,29-,32+,33?,34+/m1/s1. The number of carbonyl (C=O) groups is 2. The number of phosphoric acid groups is 4. The largest absolute Gasteiger partial charge is 0.472 e. The van der Waals surface area contributed by atoms with Crippen molar-refractivity contribution in [1.29, 1.82) is 0 Å². The first-order valence-electron chi connectivity index (χ1n) is 18.4. The van der Waals surface area contributed by atoms with Crippen molar-refractivity contribution in [1.82, 2.24) is 0 Å². The molecule has 1 aliphatic carbocycles. The van der Waals surface area contributed by atoms with Gasteiger partial charge < -0.3 is 48.8 Å². The number of ether oxygens (including phenoxy) is 2. The second-order valence-electron chi connectivity index (χ2n) is 13.0. The van der Waals surface area contributed by atoms with Crippen LogP contribution in [0.3, 0.4) is 0 Å². The fraction of sp³-hybridized carbons (Fsp3) is 0.706. The molecule has 3 unspecified atom stereocenters. The van der Waals surface area contributed by atoms with Gasteiger partial charge in [0.15, 0.2) is 6.10 Å². The number of aliphatic hydroxyl groups is 1. The summed E-state index contributed by atoms with van der Waals surface area (Å²) >= 11 is 0. The Labute approximate surface area is 342 Å². The SMILES string of the molecule is C#CC#CC#CC#CC(=O)OC[C@H](COP(=O)(O)OC1C[C@@H](OP(=O)(O)O)C(OP(=O)(O)O)[C@@H](OP(=O)(O)O)[C@H]1O)OC(=O)CCCCCCCCCCCCCCC. The molecule has 0 aliphatic heterocycles. The summed E-state index contributed by atoms with van der Waals surface area (Å²) in [6.45, 7) is 0.364. The van der Waals surface area contributed by atoms with Gasteiger partial charge in [-0.05, 0) is 41.9 Å². The quantitative estimate of drug-likeness (QED) is 0.0183. The Bertz CT molecular complexity index is 1750. The van der Waals surface area contributed by atoms with Crippen LogP contribution in [0.2, 0.25) is 0 Å². The molecular weight excluding hydrogens is 868 g/mol. The third-order valence-corrected chi connectivity index (χ3v) is 10.6. The average molecular weight is 921 g/mol. The van der Waals surface area contributed by atoms with Gasteiger partial charge in [0.1, 0.15) is 37.1 Å². The highest BCUT2D eigenvalue weighted by Crippen LogP contribution is 2.53. The number of hydrogen-bond donors (Lipinski definition) is 8. The molecule has 59 heavy (non-hydrogen) atoms. The minimum Gasteiger partial charge on any atom is -0.456 e. The van der Waals surface area contributed by atoms with Crippen LogP contribution in [0, 0.1) is 47.9 Å². The maximum atomic E-state index is 13.1. The lowest BCUT2D eigenvalue weighted by molar-refractivity contribution is -0.165. The lowest BCUT2D eigenvalue weighted by Gasteiger charge is -2.43. The maximum Gasteiger partial charge on any atom is 0.472 e. The van der Waals surface area contributed by atoms with Gasteiger partial charge >= 0.3 is 43.2 Å². The summed E-state index contributed by atoms with van der Waals surface area (Å²) in [6.07, 6.45) is 3.76. The van der Waals surface area contributed by atoms with E-state index in [1.54, 1.807) is 0 Å². The number of aliphatic hydroxyl groups excluding tert-OH is 1. The summed E-state index contributed by atoms with van der Waals surface area (Å²) in [5, 5.41) is 10.8. The average Bonchev–Trinajstić information content (AvgIpc) is 3.11. The molecule has 1 saturated carbocycles. The predicted octanol–water partition coefficient (Wildman–Crippen LogP) is 3.27. The van der Waals surface area contributed by atoms with E-state index < -0.39 is 99.5 Å². The molecule has 0 saturated heterocycles. The Morgan fingerprint density at radius 2 is 1.14 bits per heavy atom. The van der Waals surface area contributed by atoms with Crippen molar-refractivity contribution in [2.45, 2.75) is 140 Å². The highest BCUT2D eigenvalue weighted by Gasteiger charge is 2.54. The van der Waals surface area contributed by atoms with Gasteiger partial charge in [-0.1, -0.05) is 84.0 Å².